The monoisotopic (exact) mass is 466 g/mol. The van der Waals surface area contributed by atoms with Crippen LogP contribution in [-0.4, -0.2) is 50.3 Å². The van der Waals surface area contributed by atoms with Gasteiger partial charge in [0.05, 0.1) is 35.0 Å². The molecule has 0 atom stereocenters. The lowest BCUT2D eigenvalue weighted by atomic mass is 9.88. The van der Waals surface area contributed by atoms with Crippen LogP contribution in [0.2, 0.25) is 0 Å². The van der Waals surface area contributed by atoms with E-state index in [9.17, 15) is 4.79 Å². The SMILES string of the molecule is CN1CN=C(c2nc3ncccc3[nH]2)c2cc(-c3cncc(NC(=O)C4CCCCC4)c3)ncc21. The first-order chi connectivity index (χ1) is 17.2. The van der Waals surface area contributed by atoms with E-state index in [0.29, 0.717) is 23.8 Å². The second kappa shape index (κ2) is 8.90. The molecule has 0 aromatic carbocycles. The van der Waals surface area contributed by atoms with Crippen LogP contribution in [0.4, 0.5) is 11.4 Å². The zero-order valence-electron chi connectivity index (χ0n) is 19.5. The minimum Gasteiger partial charge on any atom is -0.353 e. The van der Waals surface area contributed by atoms with E-state index in [1.807, 2.05) is 37.5 Å². The Balaban J connectivity index is 1.32. The lowest BCUT2D eigenvalue weighted by molar-refractivity contribution is -0.120. The number of pyridine rings is 3. The summed E-state index contributed by atoms with van der Waals surface area (Å²) in [4.78, 5) is 41.0. The molecule has 0 unspecified atom stereocenters. The summed E-state index contributed by atoms with van der Waals surface area (Å²) in [5, 5.41) is 3.06. The molecule has 0 bridgehead atoms. The molecule has 0 radical (unpaired) electrons. The average Bonchev–Trinajstić information content (AvgIpc) is 3.33. The number of amides is 1. The van der Waals surface area contributed by atoms with Gasteiger partial charge in [0.1, 0.15) is 12.4 Å². The predicted molar refractivity (Wildman–Crippen MR) is 135 cm³/mol. The van der Waals surface area contributed by atoms with Crippen LogP contribution in [-0.2, 0) is 4.79 Å². The first-order valence-electron chi connectivity index (χ1n) is 12.0. The highest BCUT2D eigenvalue weighted by Crippen LogP contribution is 2.31. The van der Waals surface area contributed by atoms with Crippen molar-refractivity contribution in [3.05, 3.63) is 60.4 Å². The molecule has 2 aliphatic rings. The van der Waals surface area contributed by atoms with Gasteiger partial charge in [-0.25, -0.2) is 9.97 Å². The highest BCUT2D eigenvalue weighted by atomic mass is 16.1. The van der Waals surface area contributed by atoms with E-state index in [2.05, 4.69) is 30.2 Å². The van der Waals surface area contributed by atoms with Crippen LogP contribution >= 0.6 is 0 Å². The van der Waals surface area contributed by atoms with Gasteiger partial charge >= 0.3 is 0 Å². The molecule has 9 heteroatoms. The van der Waals surface area contributed by atoms with Crippen LogP contribution in [0, 0.1) is 5.92 Å². The molecule has 4 aromatic rings. The number of imidazole rings is 1. The molecule has 0 saturated heterocycles. The summed E-state index contributed by atoms with van der Waals surface area (Å²) in [7, 11) is 1.99. The lowest BCUT2D eigenvalue weighted by Gasteiger charge is -2.25. The molecule has 1 amide bonds. The Morgan fingerprint density at radius 3 is 2.86 bits per heavy atom. The molecule has 1 saturated carbocycles. The minimum atomic E-state index is 0.0802. The second-order valence-corrected chi connectivity index (χ2v) is 9.18. The number of aromatic amines is 1. The van der Waals surface area contributed by atoms with Crippen LogP contribution in [0.25, 0.3) is 22.4 Å². The topological polar surface area (TPSA) is 112 Å². The predicted octanol–water partition coefficient (Wildman–Crippen LogP) is 4.18. The van der Waals surface area contributed by atoms with Gasteiger partial charge in [-0.1, -0.05) is 19.3 Å². The smallest absolute Gasteiger partial charge is 0.227 e. The number of anilines is 2. The van der Waals surface area contributed by atoms with Crippen LogP contribution in [0.3, 0.4) is 0 Å². The maximum absolute atomic E-state index is 12.7. The van der Waals surface area contributed by atoms with Gasteiger partial charge in [-0.2, -0.15) is 0 Å². The molecule has 5 heterocycles. The number of hydrogen-bond acceptors (Lipinski definition) is 7. The number of H-pyrrole nitrogens is 1. The molecule has 35 heavy (non-hydrogen) atoms. The third-order valence-corrected chi connectivity index (χ3v) is 6.75. The van der Waals surface area contributed by atoms with Crippen molar-refractivity contribution >= 4 is 34.2 Å². The molecule has 0 spiro atoms. The van der Waals surface area contributed by atoms with Gasteiger partial charge in [0.15, 0.2) is 11.5 Å². The average molecular weight is 467 g/mol. The van der Waals surface area contributed by atoms with Crippen molar-refractivity contribution < 1.29 is 4.79 Å². The Bertz CT molecular complexity index is 1400. The molecule has 1 aliphatic carbocycles. The Hall–Kier alpha value is -4.14. The number of carbonyl (C=O) groups excluding carboxylic acids is 1. The molecular formula is C26H26N8O. The standard InChI is InChI=1S/C26H26N8O/c1-34-15-30-23(25-32-20-8-5-9-28-24(20)33-25)19-11-21(29-14-22(19)34)17-10-18(13-27-12-17)31-26(35)16-6-3-2-4-7-16/h5,8-14,16H,2-4,6-7,15H2,1H3,(H,31,35)(H,28,32,33). The Morgan fingerprint density at radius 1 is 1.11 bits per heavy atom. The van der Waals surface area contributed by atoms with Gasteiger partial charge in [-0.05, 0) is 37.1 Å². The largest absolute Gasteiger partial charge is 0.353 e. The van der Waals surface area contributed by atoms with Gasteiger partial charge < -0.3 is 15.2 Å². The number of nitrogens with one attached hydrogen (secondary N) is 2. The Labute approximate surface area is 202 Å². The first kappa shape index (κ1) is 21.4. The minimum absolute atomic E-state index is 0.0802. The molecular weight excluding hydrogens is 440 g/mol. The number of fused-ring (bicyclic) bond motifs is 2. The summed E-state index contributed by atoms with van der Waals surface area (Å²) in [6, 6.07) is 7.76. The third kappa shape index (κ3) is 4.14. The molecule has 2 N–H and O–H groups in total. The molecule has 4 aromatic heterocycles. The van der Waals surface area contributed by atoms with Crippen LogP contribution < -0.4 is 10.2 Å². The number of aromatic nitrogens is 5. The fourth-order valence-corrected chi connectivity index (χ4v) is 4.86. The molecule has 176 valence electrons. The van der Waals surface area contributed by atoms with E-state index in [1.165, 1.54) is 6.42 Å². The van der Waals surface area contributed by atoms with Gasteiger partial charge in [-0.3, -0.25) is 19.8 Å². The van der Waals surface area contributed by atoms with Crippen LogP contribution in [0.5, 0.6) is 0 Å². The van der Waals surface area contributed by atoms with Crippen molar-refractivity contribution in [3.63, 3.8) is 0 Å². The zero-order valence-corrected chi connectivity index (χ0v) is 19.5. The van der Waals surface area contributed by atoms with E-state index in [0.717, 1.165) is 59.4 Å². The number of hydrogen-bond donors (Lipinski definition) is 2. The van der Waals surface area contributed by atoms with Crippen molar-refractivity contribution in [1.82, 2.24) is 24.9 Å². The van der Waals surface area contributed by atoms with E-state index in [-0.39, 0.29) is 11.8 Å². The quantitative estimate of drug-likeness (QED) is 0.467. The maximum atomic E-state index is 12.7. The van der Waals surface area contributed by atoms with E-state index in [1.54, 1.807) is 18.6 Å². The summed E-state index contributed by atoms with van der Waals surface area (Å²) in [5.41, 5.74) is 6.47. The summed E-state index contributed by atoms with van der Waals surface area (Å²) >= 11 is 0. The van der Waals surface area contributed by atoms with Gasteiger partial charge in [0.25, 0.3) is 0 Å². The highest BCUT2D eigenvalue weighted by Gasteiger charge is 2.24. The highest BCUT2D eigenvalue weighted by molar-refractivity contribution is 6.16. The summed E-state index contributed by atoms with van der Waals surface area (Å²) in [6.07, 6.45) is 12.4. The van der Waals surface area contributed by atoms with Crippen molar-refractivity contribution in [2.45, 2.75) is 32.1 Å². The normalized spacial score (nSPS) is 16.1. The molecule has 1 fully saturated rings. The van der Waals surface area contributed by atoms with Crippen molar-refractivity contribution in [1.29, 1.82) is 0 Å². The summed E-state index contributed by atoms with van der Waals surface area (Å²) in [6.45, 7) is 0.512. The van der Waals surface area contributed by atoms with E-state index < -0.39 is 0 Å². The third-order valence-electron chi connectivity index (χ3n) is 6.75. The van der Waals surface area contributed by atoms with Crippen molar-refractivity contribution in [3.8, 4) is 11.3 Å². The Morgan fingerprint density at radius 2 is 2.00 bits per heavy atom. The lowest BCUT2D eigenvalue weighted by Crippen LogP contribution is -2.27. The van der Waals surface area contributed by atoms with Crippen molar-refractivity contribution in [2.24, 2.45) is 10.9 Å². The molecule has 1 aliphatic heterocycles. The van der Waals surface area contributed by atoms with Crippen LogP contribution in [0.15, 0.2) is 54.0 Å². The number of rotatable bonds is 4. The second-order valence-electron chi connectivity index (χ2n) is 9.18. The number of carbonyl (C=O) groups is 1. The van der Waals surface area contributed by atoms with Gasteiger partial charge in [0.2, 0.25) is 5.91 Å². The first-order valence-corrected chi connectivity index (χ1v) is 12.0. The van der Waals surface area contributed by atoms with Crippen LogP contribution in [0.1, 0.15) is 43.5 Å². The fourth-order valence-electron chi connectivity index (χ4n) is 4.86. The van der Waals surface area contributed by atoms with E-state index in [4.69, 9.17) is 9.98 Å². The van der Waals surface area contributed by atoms with Gasteiger partial charge in [0, 0.05) is 36.5 Å². The Kier molecular flexibility index (Phi) is 5.44. The fraction of sp³-hybridized carbons (Fsp3) is 0.308. The molecule has 6 rings (SSSR count). The zero-order chi connectivity index (χ0) is 23.8. The summed E-state index contributed by atoms with van der Waals surface area (Å²) < 4.78 is 0. The maximum Gasteiger partial charge on any atom is 0.227 e. The number of aliphatic imine (C=N–C) groups is 1. The molecule has 9 nitrogen and oxygen atoms in total. The summed E-state index contributed by atoms with van der Waals surface area (Å²) in [5.74, 6) is 0.843. The van der Waals surface area contributed by atoms with Gasteiger partial charge in [-0.15, -0.1) is 0 Å². The van der Waals surface area contributed by atoms with E-state index >= 15 is 0 Å². The van der Waals surface area contributed by atoms with Crippen molar-refractivity contribution in [2.75, 3.05) is 23.9 Å². The number of nitrogens with zero attached hydrogens (tertiary/aromatic N) is 6.